The van der Waals surface area contributed by atoms with Crippen LogP contribution >= 0.6 is 11.6 Å². The van der Waals surface area contributed by atoms with Gasteiger partial charge in [0.25, 0.3) is 0 Å². The second kappa shape index (κ2) is 11.8. The molecule has 11 nitrogen and oxygen atoms in total. The normalized spacial score (nSPS) is 19.1. The maximum atomic E-state index is 13.0. The number of ether oxygens (including phenoxy) is 1. The molecule has 1 aliphatic rings. The lowest BCUT2D eigenvalue weighted by molar-refractivity contribution is -0.127. The van der Waals surface area contributed by atoms with E-state index in [-0.39, 0.29) is 63.6 Å². The van der Waals surface area contributed by atoms with Gasteiger partial charge in [-0.2, -0.15) is 9.97 Å². The quantitative estimate of drug-likeness (QED) is 0.280. The predicted octanol–water partition coefficient (Wildman–Crippen LogP) is 4.84. The van der Waals surface area contributed by atoms with Crippen molar-refractivity contribution in [3.05, 3.63) is 11.5 Å². The molecule has 3 heterocycles. The van der Waals surface area contributed by atoms with Gasteiger partial charge < -0.3 is 18.1 Å². The van der Waals surface area contributed by atoms with E-state index in [0.717, 1.165) is 0 Å². The van der Waals surface area contributed by atoms with Gasteiger partial charge in [0.15, 0.2) is 22.8 Å². The van der Waals surface area contributed by atoms with E-state index in [1.54, 1.807) is 0 Å². The van der Waals surface area contributed by atoms with E-state index < -0.39 is 29.5 Å². The number of hydrogen-bond donors (Lipinski definition) is 2. The fraction of sp³-hybridized carbons (Fsp3) is 0.708. The molecule has 0 saturated carbocycles. The Labute approximate surface area is 231 Å². The van der Waals surface area contributed by atoms with Gasteiger partial charge in [0, 0.05) is 13.3 Å². The molecular formula is C24H40ClN5O6Si2. The molecule has 212 valence electrons. The minimum absolute atomic E-state index is 0.00474. The third kappa shape index (κ3) is 6.03. The van der Waals surface area contributed by atoms with Crippen molar-refractivity contribution >= 4 is 57.5 Å². The number of anilines is 1. The van der Waals surface area contributed by atoms with E-state index in [0.29, 0.717) is 5.52 Å². The van der Waals surface area contributed by atoms with Crippen LogP contribution in [0.3, 0.4) is 0 Å². The van der Waals surface area contributed by atoms with Gasteiger partial charge in [-0.25, -0.2) is 4.98 Å². The number of halogens is 1. The van der Waals surface area contributed by atoms with Gasteiger partial charge >= 0.3 is 17.1 Å². The Morgan fingerprint density at radius 3 is 2.29 bits per heavy atom. The number of amides is 1. The summed E-state index contributed by atoms with van der Waals surface area (Å²) < 4.78 is 21.0. The van der Waals surface area contributed by atoms with Crippen molar-refractivity contribution in [2.24, 2.45) is 0 Å². The van der Waals surface area contributed by atoms with E-state index in [4.69, 9.17) is 24.9 Å². The molecule has 0 aliphatic carbocycles. The standard InChI is InChI=1S/C24H40ClN5O6Si2/c1-13(2)37(33,14(3)4)36-38(15(5)6,16(7)8)34-11-18-10-19(32)23(35-18)30-12-26-20-21(25)28-24(27-17(9)31)29-22(20)30/h12-16,18,23,33H,10-11H2,1-9H3,(H,27,28,29,31)/t18-,23+/m0/s1. The second-order valence-corrected chi connectivity index (χ2v) is 20.2. The number of fused-ring (bicyclic) bond motifs is 1. The van der Waals surface area contributed by atoms with Crippen molar-refractivity contribution in [3.63, 3.8) is 0 Å². The van der Waals surface area contributed by atoms with Crippen molar-refractivity contribution in [2.75, 3.05) is 11.9 Å². The summed E-state index contributed by atoms with van der Waals surface area (Å²) in [7, 11) is -6.05. The molecule has 1 aliphatic heterocycles. The van der Waals surface area contributed by atoms with Crippen molar-refractivity contribution < 1.29 is 27.7 Å². The summed E-state index contributed by atoms with van der Waals surface area (Å²) in [5.74, 6) is -0.506. The zero-order valence-corrected chi connectivity index (χ0v) is 26.4. The molecule has 1 amide bonds. The van der Waals surface area contributed by atoms with Gasteiger partial charge in [0.1, 0.15) is 5.52 Å². The van der Waals surface area contributed by atoms with Crippen molar-refractivity contribution in [1.82, 2.24) is 19.5 Å². The average molecular weight is 586 g/mol. The molecule has 0 radical (unpaired) electrons. The average Bonchev–Trinajstić information content (AvgIpc) is 3.38. The summed E-state index contributed by atoms with van der Waals surface area (Å²) in [6, 6.07) is 0. The Morgan fingerprint density at radius 2 is 1.76 bits per heavy atom. The highest BCUT2D eigenvalue weighted by Gasteiger charge is 2.55. The third-order valence-electron chi connectivity index (χ3n) is 7.03. The first-order chi connectivity index (χ1) is 17.6. The number of aromatic nitrogens is 4. The van der Waals surface area contributed by atoms with Crippen LogP contribution in [0.4, 0.5) is 5.95 Å². The Bertz CT molecular complexity index is 1160. The molecule has 1 fully saturated rings. The molecule has 38 heavy (non-hydrogen) atoms. The number of nitrogens with one attached hydrogen (secondary N) is 1. The zero-order chi connectivity index (χ0) is 28.6. The summed E-state index contributed by atoms with van der Waals surface area (Å²) in [5.41, 5.74) is 0.689. The monoisotopic (exact) mass is 585 g/mol. The van der Waals surface area contributed by atoms with Gasteiger partial charge in [0.2, 0.25) is 11.9 Å². The van der Waals surface area contributed by atoms with Crippen molar-refractivity contribution in [2.45, 2.75) is 103 Å². The second-order valence-electron chi connectivity index (χ2n) is 11.1. The number of rotatable bonds is 11. The summed E-state index contributed by atoms with van der Waals surface area (Å²) in [6.45, 7) is 17.8. The molecule has 0 aromatic carbocycles. The molecule has 2 aromatic heterocycles. The summed E-state index contributed by atoms with van der Waals surface area (Å²) >= 11 is 6.24. The van der Waals surface area contributed by atoms with Gasteiger partial charge in [-0.3, -0.25) is 19.5 Å². The number of Topliss-reactive ketones (excluding diaryl/α,β-unsaturated/α-hetero) is 1. The molecular weight excluding hydrogens is 546 g/mol. The highest BCUT2D eigenvalue weighted by molar-refractivity contribution is 6.83. The molecule has 0 spiro atoms. The topological polar surface area (TPSA) is 138 Å². The van der Waals surface area contributed by atoms with Crippen LogP contribution < -0.4 is 5.32 Å². The number of imidazole rings is 1. The summed E-state index contributed by atoms with van der Waals surface area (Å²) in [5, 5.41) is 2.55. The number of carbonyl (C=O) groups is 2. The first-order valence-electron chi connectivity index (χ1n) is 13.0. The van der Waals surface area contributed by atoms with Crippen LogP contribution in [0.25, 0.3) is 11.2 Å². The van der Waals surface area contributed by atoms with Crippen LogP contribution in [0, 0.1) is 0 Å². The third-order valence-corrected chi connectivity index (χ3v) is 17.0. The van der Waals surface area contributed by atoms with Crippen LogP contribution in [-0.4, -0.2) is 65.8 Å². The molecule has 3 rings (SSSR count). The summed E-state index contributed by atoms with van der Waals surface area (Å²) in [4.78, 5) is 48.7. The smallest absolute Gasteiger partial charge is 0.334 e. The van der Waals surface area contributed by atoms with Crippen molar-refractivity contribution in [1.29, 1.82) is 0 Å². The number of hydrogen-bond acceptors (Lipinski definition) is 9. The molecule has 0 bridgehead atoms. The first-order valence-corrected chi connectivity index (χ1v) is 17.4. The van der Waals surface area contributed by atoms with E-state index in [9.17, 15) is 14.4 Å². The molecule has 14 heteroatoms. The summed E-state index contributed by atoms with van der Waals surface area (Å²) in [6.07, 6.45) is 0.0735. The molecule has 2 N–H and O–H groups in total. The van der Waals surface area contributed by atoms with Crippen molar-refractivity contribution in [3.8, 4) is 0 Å². The number of ketones is 1. The van der Waals surface area contributed by atoms with Gasteiger partial charge in [0.05, 0.1) is 19.0 Å². The number of carbonyl (C=O) groups excluding carboxylic acids is 2. The fourth-order valence-electron chi connectivity index (χ4n) is 4.86. The Kier molecular flexibility index (Phi) is 9.55. The van der Waals surface area contributed by atoms with Gasteiger partial charge in [-0.15, -0.1) is 0 Å². The highest BCUT2D eigenvalue weighted by Crippen LogP contribution is 2.42. The lowest BCUT2D eigenvalue weighted by atomic mass is 10.2. The minimum Gasteiger partial charge on any atom is -0.414 e. The maximum absolute atomic E-state index is 13.0. The SMILES string of the molecule is CC(=O)Nc1nc(Cl)c2ncn([C@@H]3O[C@H](CO[Si](O[Si](O)(C(C)C)C(C)C)(C(C)C)C(C)C)CC3=O)c2n1. The lowest BCUT2D eigenvalue weighted by Gasteiger charge is -2.46. The Morgan fingerprint density at radius 1 is 1.16 bits per heavy atom. The van der Waals surface area contributed by atoms with Crippen LogP contribution in [-0.2, 0) is 22.9 Å². The highest BCUT2D eigenvalue weighted by atomic mass is 35.5. The predicted molar refractivity (Wildman–Crippen MR) is 149 cm³/mol. The van der Waals surface area contributed by atoms with Crippen LogP contribution in [0.15, 0.2) is 6.33 Å². The largest absolute Gasteiger partial charge is 0.414 e. The van der Waals surface area contributed by atoms with Crippen LogP contribution in [0.2, 0.25) is 27.3 Å². The first kappa shape index (κ1) is 30.8. The minimum atomic E-state index is -3.11. The Hall–Kier alpha value is -1.75. The lowest BCUT2D eigenvalue weighted by Crippen LogP contribution is -2.60. The molecule has 0 unspecified atom stereocenters. The maximum Gasteiger partial charge on any atom is 0.334 e. The van der Waals surface area contributed by atoms with E-state index in [2.05, 4.69) is 48.0 Å². The van der Waals surface area contributed by atoms with Gasteiger partial charge in [-0.1, -0.05) is 67.0 Å². The van der Waals surface area contributed by atoms with Crippen LogP contribution in [0.1, 0.15) is 75.0 Å². The van der Waals surface area contributed by atoms with E-state index >= 15 is 0 Å². The van der Waals surface area contributed by atoms with E-state index in [1.165, 1.54) is 17.8 Å². The molecule has 1 saturated heterocycles. The fourth-order valence-corrected chi connectivity index (χ4v) is 14.9. The molecule has 2 aromatic rings. The Balaban J connectivity index is 1.84. The number of nitrogens with zero attached hydrogens (tertiary/aromatic N) is 4. The zero-order valence-electron chi connectivity index (χ0n) is 23.6. The van der Waals surface area contributed by atoms with E-state index in [1.807, 2.05) is 27.7 Å². The van der Waals surface area contributed by atoms with Gasteiger partial charge in [-0.05, 0) is 22.2 Å². The van der Waals surface area contributed by atoms with Crippen LogP contribution in [0.5, 0.6) is 0 Å². The molecule has 2 atom stereocenters.